The van der Waals surface area contributed by atoms with Crippen molar-refractivity contribution in [2.24, 2.45) is 4.99 Å². The van der Waals surface area contributed by atoms with Crippen LogP contribution < -0.4 is 5.32 Å². The number of nitrogens with zero attached hydrogens (tertiary/aromatic N) is 1. The van der Waals surface area contributed by atoms with Crippen LogP contribution in [-0.2, 0) is 4.79 Å². The fraction of sp³-hybridized carbons (Fsp3) is 0.333. The molecule has 1 aliphatic rings. The Hall–Kier alpha value is -1.29. The number of carbonyl (C=O) groups is 1. The molecule has 1 aromatic rings. The van der Waals surface area contributed by atoms with E-state index in [0.29, 0.717) is 5.17 Å². The Morgan fingerprint density at radius 2 is 2.06 bits per heavy atom. The summed E-state index contributed by atoms with van der Waals surface area (Å²) in [5.74, 6) is 0.0679. The van der Waals surface area contributed by atoms with Crippen molar-refractivity contribution in [3.8, 4) is 0 Å². The van der Waals surface area contributed by atoms with Crippen LogP contribution in [0.5, 0.6) is 0 Å². The highest BCUT2D eigenvalue weighted by molar-refractivity contribution is 8.15. The quantitative estimate of drug-likeness (QED) is 0.854. The molecular weight excluding hydrogens is 220 g/mol. The van der Waals surface area contributed by atoms with Crippen LogP contribution in [0.1, 0.15) is 18.9 Å². The van der Waals surface area contributed by atoms with Gasteiger partial charge in [0.05, 0.1) is 10.9 Å². The van der Waals surface area contributed by atoms with Crippen molar-refractivity contribution in [2.45, 2.75) is 25.5 Å². The maximum atomic E-state index is 11.4. The third-order valence-electron chi connectivity index (χ3n) is 2.41. The number of aliphatic imine (C=N–C) groups is 1. The van der Waals surface area contributed by atoms with E-state index < -0.39 is 0 Å². The lowest BCUT2D eigenvalue weighted by molar-refractivity contribution is -0.118. The number of amides is 1. The minimum atomic E-state index is 0.0178. The van der Waals surface area contributed by atoms with Crippen LogP contribution >= 0.6 is 11.8 Å². The number of carbonyl (C=O) groups excluding carboxylic acids is 1. The molecule has 1 amide bonds. The van der Waals surface area contributed by atoms with Gasteiger partial charge in [0.2, 0.25) is 5.91 Å². The highest BCUT2D eigenvalue weighted by Gasteiger charge is 2.28. The molecule has 2 rings (SSSR count). The molecule has 84 valence electrons. The van der Waals surface area contributed by atoms with Gasteiger partial charge < -0.3 is 5.32 Å². The van der Waals surface area contributed by atoms with E-state index in [-0.39, 0.29) is 11.2 Å². The fourth-order valence-corrected chi connectivity index (χ4v) is 2.38. The summed E-state index contributed by atoms with van der Waals surface area (Å²) >= 11 is 1.51. The van der Waals surface area contributed by atoms with Gasteiger partial charge in [-0.2, -0.15) is 0 Å². The van der Waals surface area contributed by atoms with E-state index in [2.05, 4.69) is 10.3 Å². The molecule has 1 aromatic carbocycles. The Balaban J connectivity index is 2.14. The second kappa shape index (κ2) is 4.70. The summed E-state index contributed by atoms with van der Waals surface area (Å²) in [6.07, 6.45) is 0.837. The van der Waals surface area contributed by atoms with Gasteiger partial charge in [0.25, 0.3) is 0 Å². The van der Waals surface area contributed by atoms with Crippen molar-refractivity contribution in [1.82, 2.24) is 5.32 Å². The van der Waals surface area contributed by atoms with Gasteiger partial charge in [-0.3, -0.25) is 4.79 Å². The van der Waals surface area contributed by atoms with Crippen molar-refractivity contribution >= 4 is 28.5 Å². The normalized spacial score (nSPS) is 22.5. The van der Waals surface area contributed by atoms with Gasteiger partial charge >= 0.3 is 0 Å². The Kier molecular flexibility index (Phi) is 3.29. The third kappa shape index (κ3) is 2.44. The van der Waals surface area contributed by atoms with Gasteiger partial charge in [-0.15, -0.1) is 0 Å². The number of aryl methyl sites for hydroxylation is 1. The molecule has 0 unspecified atom stereocenters. The molecule has 1 atom stereocenters. The predicted molar refractivity (Wildman–Crippen MR) is 68.1 cm³/mol. The molecule has 0 bridgehead atoms. The Labute approximate surface area is 99.3 Å². The van der Waals surface area contributed by atoms with Crippen LogP contribution in [0.4, 0.5) is 5.69 Å². The Morgan fingerprint density at radius 1 is 1.38 bits per heavy atom. The minimum absolute atomic E-state index is 0.0178. The van der Waals surface area contributed by atoms with Gasteiger partial charge in [0.15, 0.2) is 5.17 Å². The van der Waals surface area contributed by atoms with Gasteiger partial charge in [-0.1, -0.05) is 36.4 Å². The largest absolute Gasteiger partial charge is 0.304 e. The first-order chi connectivity index (χ1) is 7.69. The molecule has 1 saturated heterocycles. The highest BCUT2D eigenvalue weighted by atomic mass is 32.2. The minimum Gasteiger partial charge on any atom is -0.304 e. The first-order valence-electron chi connectivity index (χ1n) is 5.32. The molecule has 0 saturated carbocycles. The van der Waals surface area contributed by atoms with Crippen LogP contribution in [0.3, 0.4) is 0 Å². The summed E-state index contributed by atoms with van der Waals surface area (Å²) in [5.41, 5.74) is 2.09. The summed E-state index contributed by atoms with van der Waals surface area (Å²) in [7, 11) is 0. The summed E-state index contributed by atoms with van der Waals surface area (Å²) in [4.78, 5) is 15.8. The van der Waals surface area contributed by atoms with E-state index in [0.717, 1.165) is 12.1 Å². The standard InChI is InChI=1S/C12H14N2OS/c1-3-10-11(15)14-12(16-10)13-9-6-4-8(2)5-7-9/h4-7,10H,3H2,1-2H3,(H,13,14,15)/t10-/m0/s1. The number of hydrogen-bond donors (Lipinski definition) is 1. The zero-order chi connectivity index (χ0) is 11.5. The molecule has 16 heavy (non-hydrogen) atoms. The number of rotatable bonds is 2. The summed E-state index contributed by atoms with van der Waals surface area (Å²) in [5, 5.41) is 3.52. The third-order valence-corrected chi connectivity index (χ3v) is 3.66. The average molecular weight is 234 g/mol. The molecule has 3 nitrogen and oxygen atoms in total. The van der Waals surface area contributed by atoms with Crippen molar-refractivity contribution in [3.63, 3.8) is 0 Å². The van der Waals surface area contributed by atoms with Crippen molar-refractivity contribution in [2.75, 3.05) is 0 Å². The lowest BCUT2D eigenvalue weighted by atomic mass is 10.2. The fourth-order valence-electron chi connectivity index (χ4n) is 1.46. The van der Waals surface area contributed by atoms with Crippen LogP contribution in [0.15, 0.2) is 29.3 Å². The monoisotopic (exact) mass is 234 g/mol. The molecule has 0 spiro atoms. The smallest absolute Gasteiger partial charge is 0.239 e. The Morgan fingerprint density at radius 3 is 2.62 bits per heavy atom. The molecule has 1 heterocycles. The molecule has 1 fully saturated rings. The van der Waals surface area contributed by atoms with E-state index in [4.69, 9.17) is 0 Å². The Bertz CT molecular complexity index is 425. The summed E-state index contributed by atoms with van der Waals surface area (Å²) in [6, 6.07) is 7.93. The number of hydrogen-bond acceptors (Lipinski definition) is 3. The van der Waals surface area contributed by atoms with Crippen LogP contribution in [0, 0.1) is 6.92 Å². The van der Waals surface area contributed by atoms with Crippen LogP contribution in [0.2, 0.25) is 0 Å². The van der Waals surface area contributed by atoms with Gasteiger partial charge in [0, 0.05) is 0 Å². The second-order valence-corrected chi connectivity index (χ2v) is 4.95. The zero-order valence-corrected chi connectivity index (χ0v) is 10.2. The van der Waals surface area contributed by atoms with E-state index >= 15 is 0 Å². The van der Waals surface area contributed by atoms with E-state index in [1.165, 1.54) is 17.3 Å². The topological polar surface area (TPSA) is 41.5 Å². The molecule has 4 heteroatoms. The van der Waals surface area contributed by atoms with Gasteiger partial charge in [-0.05, 0) is 25.5 Å². The van der Waals surface area contributed by atoms with E-state index in [9.17, 15) is 4.79 Å². The molecule has 1 aliphatic heterocycles. The lowest BCUT2D eigenvalue weighted by Gasteiger charge is -1.98. The van der Waals surface area contributed by atoms with Gasteiger partial charge in [-0.25, -0.2) is 4.99 Å². The SMILES string of the molecule is CC[C@@H]1SC(=Nc2ccc(C)cc2)NC1=O. The second-order valence-electron chi connectivity index (χ2n) is 3.76. The summed E-state index contributed by atoms with van der Waals surface area (Å²) < 4.78 is 0. The first-order valence-corrected chi connectivity index (χ1v) is 6.20. The maximum Gasteiger partial charge on any atom is 0.239 e. The zero-order valence-electron chi connectivity index (χ0n) is 9.36. The van der Waals surface area contributed by atoms with Crippen LogP contribution in [0.25, 0.3) is 0 Å². The number of benzene rings is 1. The molecule has 1 N–H and O–H groups in total. The van der Waals surface area contributed by atoms with Crippen molar-refractivity contribution in [1.29, 1.82) is 0 Å². The van der Waals surface area contributed by atoms with Gasteiger partial charge in [0.1, 0.15) is 0 Å². The first kappa shape index (κ1) is 11.2. The molecule has 0 aromatic heterocycles. The van der Waals surface area contributed by atoms with Crippen molar-refractivity contribution < 1.29 is 4.79 Å². The van der Waals surface area contributed by atoms with Crippen molar-refractivity contribution in [3.05, 3.63) is 29.8 Å². The lowest BCUT2D eigenvalue weighted by Crippen LogP contribution is -2.24. The molecule has 0 aliphatic carbocycles. The van der Waals surface area contributed by atoms with E-state index in [1.54, 1.807) is 0 Å². The number of amidine groups is 1. The maximum absolute atomic E-state index is 11.4. The highest BCUT2D eigenvalue weighted by Crippen LogP contribution is 2.24. The number of thioether (sulfide) groups is 1. The molecular formula is C12H14N2OS. The summed E-state index contributed by atoms with van der Waals surface area (Å²) in [6.45, 7) is 4.04. The predicted octanol–water partition coefficient (Wildman–Crippen LogP) is 2.62. The number of nitrogens with one attached hydrogen (secondary N) is 1. The van der Waals surface area contributed by atoms with Crippen LogP contribution in [-0.4, -0.2) is 16.3 Å². The van der Waals surface area contributed by atoms with E-state index in [1.807, 2.05) is 38.1 Å². The average Bonchev–Trinajstić information content (AvgIpc) is 2.62. The molecule has 0 radical (unpaired) electrons.